The molecule has 2 aromatic rings. The second kappa shape index (κ2) is 9.40. The molecule has 9 heteroatoms. The largest absolute Gasteiger partial charge is 0.490 e. The molecule has 0 spiro atoms. The quantitative estimate of drug-likeness (QED) is 0.648. The molecule has 1 aromatic carbocycles. The maximum atomic E-state index is 12.6. The molecule has 1 amide bonds. The highest BCUT2D eigenvalue weighted by Gasteiger charge is 2.19. The SMILES string of the molecule is C=CCn1nnc(NC(=O)c2cc(OCC)c(OCC)c(OCC)c2)n1. The molecule has 0 bridgehead atoms. The normalized spacial score (nSPS) is 10.3. The number of hydrogen-bond donors (Lipinski definition) is 1. The van der Waals surface area contributed by atoms with Gasteiger partial charge in [0.25, 0.3) is 11.9 Å². The van der Waals surface area contributed by atoms with Crippen LogP contribution in [0.1, 0.15) is 31.1 Å². The molecule has 140 valence electrons. The van der Waals surface area contributed by atoms with Crippen LogP contribution in [0, 0.1) is 0 Å². The fourth-order valence-corrected chi connectivity index (χ4v) is 2.18. The number of hydrogen-bond acceptors (Lipinski definition) is 7. The van der Waals surface area contributed by atoms with Gasteiger partial charge in [-0.15, -0.1) is 11.7 Å². The summed E-state index contributed by atoms with van der Waals surface area (Å²) in [5, 5.41) is 14.2. The lowest BCUT2D eigenvalue weighted by atomic mass is 10.1. The van der Waals surface area contributed by atoms with Gasteiger partial charge in [-0.2, -0.15) is 4.80 Å². The number of carbonyl (C=O) groups excluding carboxylic acids is 1. The number of nitrogens with zero attached hydrogens (tertiary/aromatic N) is 4. The topological polar surface area (TPSA) is 100 Å². The van der Waals surface area contributed by atoms with Crippen molar-refractivity contribution in [3.05, 3.63) is 30.4 Å². The zero-order valence-electron chi connectivity index (χ0n) is 15.2. The van der Waals surface area contributed by atoms with Crippen molar-refractivity contribution >= 4 is 11.9 Å². The van der Waals surface area contributed by atoms with Crippen LogP contribution in [0.5, 0.6) is 17.2 Å². The van der Waals surface area contributed by atoms with E-state index >= 15 is 0 Å². The van der Waals surface area contributed by atoms with E-state index in [-0.39, 0.29) is 5.95 Å². The Morgan fingerprint density at radius 1 is 1.15 bits per heavy atom. The summed E-state index contributed by atoms with van der Waals surface area (Å²) in [5.74, 6) is 1.04. The predicted molar refractivity (Wildman–Crippen MR) is 95.9 cm³/mol. The molecule has 0 unspecified atom stereocenters. The summed E-state index contributed by atoms with van der Waals surface area (Å²) in [6, 6.07) is 3.20. The average Bonchev–Trinajstić information content (AvgIpc) is 3.05. The smallest absolute Gasteiger partial charge is 0.270 e. The van der Waals surface area contributed by atoms with Gasteiger partial charge >= 0.3 is 0 Å². The van der Waals surface area contributed by atoms with Gasteiger partial charge in [-0.05, 0) is 38.1 Å². The molecule has 0 atom stereocenters. The molecule has 9 nitrogen and oxygen atoms in total. The third-order valence-electron chi connectivity index (χ3n) is 3.14. The van der Waals surface area contributed by atoms with E-state index in [4.69, 9.17) is 14.2 Å². The number of carbonyl (C=O) groups is 1. The van der Waals surface area contributed by atoms with Crippen LogP contribution in [0.4, 0.5) is 5.95 Å². The Bertz CT molecular complexity index is 732. The molecule has 0 aliphatic heterocycles. The van der Waals surface area contributed by atoms with Crippen molar-refractivity contribution in [1.82, 2.24) is 20.2 Å². The molecular weight excluding hydrogens is 338 g/mol. The zero-order chi connectivity index (χ0) is 18.9. The summed E-state index contributed by atoms with van der Waals surface area (Å²) in [5.41, 5.74) is 0.334. The Hall–Kier alpha value is -3.10. The second-order valence-electron chi connectivity index (χ2n) is 5.01. The number of aromatic nitrogens is 4. The van der Waals surface area contributed by atoms with Gasteiger partial charge in [0, 0.05) is 5.56 Å². The first kappa shape index (κ1) is 19.2. The van der Waals surface area contributed by atoms with E-state index in [2.05, 4.69) is 27.3 Å². The number of anilines is 1. The lowest BCUT2D eigenvalue weighted by molar-refractivity contribution is 0.102. The molecule has 0 aliphatic rings. The van der Waals surface area contributed by atoms with Crippen LogP contribution in [0.3, 0.4) is 0 Å². The van der Waals surface area contributed by atoms with Crippen molar-refractivity contribution in [2.75, 3.05) is 25.1 Å². The highest BCUT2D eigenvalue weighted by molar-refractivity contribution is 6.04. The Labute approximate surface area is 151 Å². The van der Waals surface area contributed by atoms with Gasteiger partial charge in [0.2, 0.25) is 5.75 Å². The van der Waals surface area contributed by atoms with Crippen LogP contribution in [-0.4, -0.2) is 45.9 Å². The summed E-state index contributed by atoms with van der Waals surface area (Å²) in [4.78, 5) is 13.9. The minimum Gasteiger partial charge on any atom is -0.490 e. The van der Waals surface area contributed by atoms with Crippen molar-refractivity contribution in [3.8, 4) is 17.2 Å². The molecule has 1 aromatic heterocycles. The minimum absolute atomic E-state index is 0.0988. The molecule has 0 radical (unpaired) electrons. The van der Waals surface area contributed by atoms with E-state index in [1.54, 1.807) is 18.2 Å². The molecule has 1 heterocycles. The lowest BCUT2D eigenvalue weighted by Crippen LogP contribution is -2.14. The van der Waals surface area contributed by atoms with E-state index in [1.807, 2.05) is 20.8 Å². The Kier molecular flexibility index (Phi) is 6.95. The number of benzene rings is 1. The van der Waals surface area contributed by atoms with Crippen molar-refractivity contribution < 1.29 is 19.0 Å². The second-order valence-corrected chi connectivity index (χ2v) is 5.01. The van der Waals surface area contributed by atoms with E-state index < -0.39 is 5.91 Å². The Morgan fingerprint density at radius 3 is 2.31 bits per heavy atom. The molecule has 2 rings (SSSR count). The van der Waals surface area contributed by atoms with E-state index in [0.717, 1.165) is 0 Å². The van der Waals surface area contributed by atoms with Gasteiger partial charge in [-0.1, -0.05) is 11.2 Å². The monoisotopic (exact) mass is 361 g/mol. The predicted octanol–water partition coefficient (Wildman–Crippen LogP) is 2.31. The molecule has 0 fully saturated rings. The van der Waals surface area contributed by atoms with Crippen molar-refractivity contribution in [1.29, 1.82) is 0 Å². The third-order valence-corrected chi connectivity index (χ3v) is 3.14. The number of ether oxygens (including phenoxy) is 3. The summed E-state index contributed by atoms with van der Waals surface area (Å²) in [7, 11) is 0. The van der Waals surface area contributed by atoms with Crippen molar-refractivity contribution in [2.45, 2.75) is 27.3 Å². The van der Waals surface area contributed by atoms with Crippen molar-refractivity contribution in [3.63, 3.8) is 0 Å². The fraction of sp³-hybridized carbons (Fsp3) is 0.412. The van der Waals surface area contributed by atoms with Crippen LogP contribution in [0.15, 0.2) is 24.8 Å². The van der Waals surface area contributed by atoms with Gasteiger partial charge < -0.3 is 14.2 Å². The van der Waals surface area contributed by atoms with Gasteiger partial charge in [-0.25, -0.2) is 0 Å². The highest BCUT2D eigenvalue weighted by atomic mass is 16.5. The van der Waals surface area contributed by atoms with Gasteiger partial charge in [0.1, 0.15) is 0 Å². The average molecular weight is 361 g/mol. The number of tetrazole rings is 1. The van der Waals surface area contributed by atoms with Crippen LogP contribution in [0.25, 0.3) is 0 Å². The molecule has 26 heavy (non-hydrogen) atoms. The van der Waals surface area contributed by atoms with Gasteiger partial charge in [-0.3, -0.25) is 10.1 Å². The number of amides is 1. The Morgan fingerprint density at radius 2 is 1.77 bits per heavy atom. The Balaban J connectivity index is 2.30. The van der Waals surface area contributed by atoms with Crippen LogP contribution in [0.2, 0.25) is 0 Å². The summed E-state index contributed by atoms with van der Waals surface area (Å²) < 4.78 is 16.8. The van der Waals surface area contributed by atoms with E-state index in [1.165, 1.54) is 4.80 Å². The maximum Gasteiger partial charge on any atom is 0.270 e. The van der Waals surface area contributed by atoms with E-state index in [9.17, 15) is 4.79 Å². The van der Waals surface area contributed by atoms with E-state index in [0.29, 0.717) is 49.2 Å². The van der Waals surface area contributed by atoms with Crippen molar-refractivity contribution in [2.24, 2.45) is 0 Å². The van der Waals surface area contributed by atoms with Gasteiger partial charge in [0.05, 0.1) is 26.4 Å². The summed E-state index contributed by atoms with van der Waals surface area (Å²) >= 11 is 0. The first-order valence-corrected chi connectivity index (χ1v) is 8.39. The third kappa shape index (κ3) is 4.71. The van der Waals surface area contributed by atoms with Crippen LogP contribution >= 0.6 is 0 Å². The van der Waals surface area contributed by atoms with Crippen LogP contribution < -0.4 is 19.5 Å². The molecule has 0 aliphatic carbocycles. The first-order valence-electron chi connectivity index (χ1n) is 8.39. The summed E-state index contributed by atoms with van der Waals surface area (Å²) in [6.45, 7) is 10.9. The maximum absolute atomic E-state index is 12.6. The van der Waals surface area contributed by atoms with Gasteiger partial charge in [0.15, 0.2) is 11.5 Å². The first-order chi connectivity index (χ1) is 12.6. The summed E-state index contributed by atoms with van der Waals surface area (Å²) in [6.07, 6.45) is 1.63. The number of rotatable bonds is 10. The number of nitrogens with one attached hydrogen (secondary N) is 1. The standard InChI is InChI=1S/C17H23N5O4/c1-5-9-22-20-17(19-21-22)18-16(23)12-10-13(24-6-2)15(26-8-4)14(11-12)25-7-3/h5,10-11H,1,6-9H2,2-4H3,(H,18,20,23). The lowest BCUT2D eigenvalue weighted by Gasteiger charge is -2.16. The molecular formula is C17H23N5O4. The minimum atomic E-state index is -0.409. The molecule has 1 N–H and O–H groups in total. The molecule has 0 saturated heterocycles. The highest BCUT2D eigenvalue weighted by Crippen LogP contribution is 2.39. The number of allylic oxidation sites excluding steroid dienone is 1. The fourth-order valence-electron chi connectivity index (χ4n) is 2.18. The van der Waals surface area contributed by atoms with Crippen LogP contribution in [-0.2, 0) is 6.54 Å². The molecule has 0 saturated carbocycles. The zero-order valence-corrected chi connectivity index (χ0v) is 15.2.